The lowest BCUT2D eigenvalue weighted by atomic mass is 10.3. The first-order valence-electron chi connectivity index (χ1n) is 3.65. The van der Waals surface area contributed by atoms with Crippen molar-refractivity contribution >= 4 is 5.97 Å². The SMILES string of the molecule is CCCC(=O)OC[C@H](O)CO. The Labute approximate surface area is 65.8 Å². The molecule has 1 atom stereocenters. The van der Waals surface area contributed by atoms with Gasteiger partial charge in [0, 0.05) is 6.42 Å². The molecule has 0 bridgehead atoms. The lowest BCUT2D eigenvalue weighted by Gasteiger charge is -2.07. The van der Waals surface area contributed by atoms with Crippen LogP contribution >= 0.6 is 0 Å². The number of carbonyl (C=O) groups excluding carboxylic acids is 1. The Morgan fingerprint density at radius 1 is 1.64 bits per heavy atom. The molecule has 0 amide bonds. The normalized spacial score (nSPS) is 12.6. The minimum Gasteiger partial charge on any atom is -0.463 e. The van der Waals surface area contributed by atoms with Gasteiger partial charge in [-0.05, 0) is 6.42 Å². The number of carbonyl (C=O) groups is 1. The van der Waals surface area contributed by atoms with Crippen LogP contribution in [0.2, 0.25) is 0 Å². The third-order valence-electron chi connectivity index (χ3n) is 1.10. The molecule has 0 aliphatic rings. The van der Waals surface area contributed by atoms with E-state index in [0.29, 0.717) is 6.42 Å². The Morgan fingerprint density at radius 3 is 2.73 bits per heavy atom. The Kier molecular flexibility index (Phi) is 5.78. The van der Waals surface area contributed by atoms with Crippen LogP contribution in [-0.2, 0) is 9.53 Å². The van der Waals surface area contributed by atoms with E-state index in [4.69, 9.17) is 10.2 Å². The van der Waals surface area contributed by atoms with E-state index in [0.717, 1.165) is 6.42 Å². The predicted octanol–water partition coefficient (Wildman–Crippen LogP) is -0.317. The van der Waals surface area contributed by atoms with Crippen LogP contribution in [0.5, 0.6) is 0 Å². The zero-order valence-corrected chi connectivity index (χ0v) is 6.62. The van der Waals surface area contributed by atoms with E-state index in [1.807, 2.05) is 6.92 Å². The second-order valence-electron chi connectivity index (χ2n) is 2.27. The summed E-state index contributed by atoms with van der Waals surface area (Å²) in [5.41, 5.74) is 0. The van der Waals surface area contributed by atoms with Gasteiger partial charge >= 0.3 is 5.97 Å². The van der Waals surface area contributed by atoms with Crippen LogP contribution in [0.3, 0.4) is 0 Å². The number of hydrogen-bond acceptors (Lipinski definition) is 4. The van der Waals surface area contributed by atoms with Gasteiger partial charge in [-0.3, -0.25) is 4.79 Å². The molecule has 0 aromatic carbocycles. The zero-order valence-electron chi connectivity index (χ0n) is 6.62. The van der Waals surface area contributed by atoms with Gasteiger partial charge in [0.15, 0.2) is 0 Å². The van der Waals surface area contributed by atoms with E-state index in [9.17, 15) is 4.79 Å². The first kappa shape index (κ1) is 10.4. The summed E-state index contributed by atoms with van der Waals surface area (Å²) in [6.07, 6.45) is 0.141. The van der Waals surface area contributed by atoms with Crippen molar-refractivity contribution in [2.45, 2.75) is 25.9 Å². The van der Waals surface area contributed by atoms with Crippen molar-refractivity contribution in [3.63, 3.8) is 0 Å². The average molecular weight is 162 g/mol. The van der Waals surface area contributed by atoms with Crippen molar-refractivity contribution in [2.75, 3.05) is 13.2 Å². The molecular weight excluding hydrogens is 148 g/mol. The number of esters is 1. The second-order valence-corrected chi connectivity index (χ2v) is 2.27. The van der Waals surface area contributed by atoms with Crippen LogP contribution in [0.4, 0.5) is 0 Å². The highest BCUT2D eigenvalue weighted by Crippen LogP contribution is 1.92. The molecule has 0 rings (SSSR count). The topological polar surface area (TPSA) is 66.8 Å². The molecule has 0 aliphatic heterocycles. The minimum atomic E-state index is -0.948. The van der Waals surface area contributed by atoms with Crippen LogP contribution in [-0.4, -0.2) is 35.5 Å². The lowest BCUT2D eigenvalue weighted by Crippen LogP contribution is -2.21. The van der Waals surface area contributed by atoms with Crippen LogP contribution in [0.25, 0.3) is 0 Å². The van der Waals surface area contributed by atoms with Crippen molar-refractivity contribution < 1.29 is 19.7 Å². The smallest absolute Gasteiger partial charge is 0.305 e. The molecule has 0 fully saturated rings. The summed E-state index contributed by atoms with van der Waals surface area (Å²) in [6.45, 7) is 1.37. The third kappa shape index (κ3) is 5.82. The molecule has 2 N–H and O–H groups in total. The van der Waals surface area contributed by atoms with Gasteiger partial charge in [0.05, 0.1) is 6.61 Å². The number of ether oxygens (including phenoxy) is 1. The zero-order chi connectivity index (χ0) is 8.69. The molecule has 0 radical (unpaired) electrons. The van der Waals surface area contributed by atoms with E-state index in [1.165, 1.54) is 0 Å². The van der Waals surface area contributed by atoms with Crippen molar-refractivity contribution in [3.05, 3.63) is 0 Å². The number of aliphatic hydroxyl groups excluding tert-OH is 2. The molecular formula is C7H14O4. The van der Waals surface area contributed by atoms with Crippen LogP contribution in [0, 0.1) is 0 Å². The van der Waals surface area contributed by atoms with Gasteiger partial charge < -0.3 is 14.9 Å². The van der Waals surface area contributed by atoms with Gasteiger partial charge in [-0.15, -0.1) is 0 Å². The fourth-order valence-electron chi connectivity index (χ4n) is 0.518. The molecule has 0 spiro atoms. The van der Waals surface area contributed by atoms with Gasteiger partial charge in [-0.2, -0.15) is 0 Å². The highest BCUT2D eigenvalue weighted by atomic mass is 16.5. The maximum Gasteiger partial charge on any atom is 0.305 e. The largest absolute Gasteiger partial charge is 0.463 e. The van der Waals surface area contributed by atoms with Gasteiger partial charge in [-0.1, -0.05) is 6.92 Å². The summed E-state index contributed by atoms with van der Waals surface area (Å²) < 4.78 is 4.59. The Bertz CT molecular complexity index is 113. The highest BCUT2D eigenvalue weighted by Gasteiger charge is 2.05. The quantitative estimate of drug-likeness (QED) is 0.544. The molecule has 0 aromatic heterocycles. The third-order valence-corrected chi connectivity index (χ3v) is 1.10. The van der Waals surface area contributed by atoms with E-state index < -0.39 is 6.10 Å². The van der Waals surface area contributed by atoms with Crippen molar-refractivity contribution in [1.82, 2.24) is 0 Å². The molecule has 0 saturated carbocycles. The molecule has 66 valence electrons. The lowest BCUT2D eigenvalue weighted by molar-refractivity contribution is -0.147. The Balaban J connectivity index is 3.30. The number of rotatable bonds is 5. The average Bonchev–Trinajstić information content (AvgIpc) is 2.01. The molecule has 4 heteroatoms. The second kappa shape index (κ2) is 6.12. The monoisotopic (exact) mass is 162 g/mol. The Morgan fingerprint density at radius 2 is 2.27 bits per heavy atom. The molecule has 0 saturated heterocycles. The van der Waals surface area contributed by atoms with Crippen molar-refractivity contribution in [1.29, 1.82) is 0 Å². The van der Waals surface area contributed by atoms with Crippen LogP contribution < -0.4 is 0 Å². The number of hydrogen-bond donors (Lipinski definition) is 2. The fourth-order valence-corrected chi connectivity index (χ4v) is 0.518. The summed E-state index contributed by atoms with van der Waals surface area (Å²) in [4.78, 5) is 10.6. The standard InChI is InChI=1S/C7H14O4/c1-2-3-7(10)11-5-6(9)4-8/h6,8-9H,2-5H2,1H3/t6-/m1/s1. The Hall–Kier alpha value is -0.610. The molecule has 0 aliphatic carbocycles. The van der Waals surface area contributed by atoms with Gasteiger partial charge in [0.1, 0.15) is 12.7 Å². The molecule has 11 heavy (non-hydrogen) atoms. The van der Waals surface area contributed by atoms with Crippen molar-refractivity contribution in [3.8, 4) is 0 Å². The summed E-state index contributed by atoms with van der Waals surface area (Å²) in [6, 6.07) is 0. The van der Waals surface area contributed by atoms with Crippen molar-refractivity contribution in [2.24, 2.45) is 0 Å². The molecule has 0 aromatic rings. The summed E-state index contributed by atoms with van der Waals surface area (Å²) in [7, 11) is 0. The maximum absolute atomic E-state index is 10.6. The molecule has 0 heterocycles. The summed E-state index contributed by atoms with van der Waals surface area (Å²) in [5, 5.41) is 17.1. The highest BCUT2D eigenvalue weighted by molar-refractivity contribution is 5.69. The number of aliphatic hydroxyl groups is 2. The predicted molar refractivity (Wildman–Crippen MR) is 39.0 cm³/mol. The minimum absolute atomic E-state index is 0.116. The van der Waals surface area contributed by atoms with E-state index in [-0.39, 0.29) is 19.2 Å². The van der Waals surface area contributed by atoms with E-state index in [2.05, 4.69) is 4.74 Å². The van der Waals surface area contributed by atoms with Crippen LogP contribution in [0.15, 0.2) is 0 Å². The van der Waals surface area contributed by atoms with Gasteiger partial charge in [0.25, 0.3) is 0 Å². The summed E-state index contributed by atoms with van der Waals surface area (Å²) >= 11 is 0. The fraction of sp³-hybridized carbons (Fsp3) is 0.857. The first-order valence-corrected chi connectivity index (χ1v) is 3.65. The van der Waals surface area contributed by atoms with Gasteiger partial charge in [-0.25, -0.2) is 0 Å². The molecule has 4 nitrogen and oxygen atoms in total. The van der Waals surface area contributed by atoms with Crippen LogP contribution in [0.1, 0.15) is 19.8 Å². The maximum atomic E-state index is 10.6. The summed E-state index contributed by atoms with van der Waals surface area (Å²) in [5.74, 6) is -0.333. The van der Waals surface area contributed by atoms with E-state index >= 15 is 0 Å². The first-order chi connectivity index (χ1) is 5.20. The van der Waals surface area contributed by atoms with Gasteiger partial charge in [0.2, 0.25) is 0 Å². The molecule has 0 unspecified atom stereocenters. The van der Waals surface area contributed by atoms with E-state index in [1.54, 1.807) is 0 Å².